The van der Waals surface area contributed by atoms with Gasteiger partial charge in [-0.3, -0.25) is 9.59 Å². The lowest BCUT2D eigenvalue weighted by atomic mass is 10.2. The first-order chi connectivity index (χ1) is 6.49. The summed E-state index contributed by atoms with van der Waals surface area (Å²) in [5.41, 5.74) is 5.22. The molecule has 1 unspecified atom stereocenters. The summed E-state index contributed by atoms with van der Waals surface area (Å²) in [4.78, 5) is 24.1. The minimum atomic E-state index is -0.217. The van der Waals surface area contributed by atoms with Crippen molar-refractivity contribution in [3.63, 3.8) is 0 Å². The number of hydrogen-bond donors (Lipinski definition) is 2. The zero-order valence-electron chi connectivity index (χ0n) is 7.95. The summed E-state index contributed by atoms with van der Waals surface area (Å²) in [5, 5.41) is 2.70. The molecule has 0 spiro atoms. The minimum Gasteiger partial charge on any atom is -0.393 e. The molecule has 1 rings (SSSR count). The fourth-order valence-electron chi connectivity index (χ4n) is 1.40. The number of carbonyl (C=O) groups excluding carboxylic acids is 2. The van der Waals surface area contributed by atoms with E-state index in [2.05, 4.69) is 17.5 Å². The van der Waals surface area contributed by atoms with E-state index in [-0.39, 0.29) is 29.3 Å². The highest BCUT2D eigenvalue weighted by molar-refractivity contribution is 7.80. The summed E-state index contributed by atoms with van der Waals surface area (Å²) in [6.45, 7) is 0.557. The summed E-state index contributed by atoms with van der Waals surface area (Å²) in [5.74, 6) is -0.170. The number of nitrogens with zero attached hydrogens (tertiary/aromatic N) is 1. The molecule has 0 aromatic carbocycles. The van der Waals surface area contributed by atoms with Crippen LogP contribution in [0.1, 0.15) is 12.8 Å². The first-order valence-electron chi connectivity index (χ1n) is 4.30. The highest BCUT2D eigenvalue weighted by Gasteiger charge is 2.27. The lowest BCUT2D eigenvalue weighted by Gasteiger charge is -2.11. The molecule has 5 nitrogen and oxygen atoms in total. The monoisotopic (exact) mass is 215 g/mol. The second-order valence-electron chi connectivity index (χ2n) is 3.39. The van der Waals surface area contributed by atoms with Gasteiger partial charge in [-0.05, 0) is 0 Å². The molecule has 6 heteroatoms. The maximum atomic E-state index is 11.2. The molecule has 1 atom stereocenters. The molecule has 14 heavy (non-hydrogen) atoms. The molecule has 2 amide bonds. The first kappa shape index (κ1) is 10.9. The van der Waals surface area contributed by atoms with Crippen LogP contribution >= 0.6 is 12.2 Å². The van der Waals surface area contributed by atoms with E-state index >= 15 is 0 Å². The maximum Gasteiger partial charge on any atom is 0.227 e. The minimum absolute atomic E-state index is 0.0454. The highest BCUT2D eigenvalue weighted by Crippen LogP contribution is 2.08. The van der Waals surface area contributed by atoms with Crippen LogP contribution in [0.2, 0.25) is 0 Å². The number of nitrogens with two attached hydrogens (primary N) is 1. The normalized spacial score (nSPS) is 21.1. The van der Waals surface area contributed by atoms with Crippen molar-refractivity contribution >= 4 is 29.0 Å². The third kappa shape index (κ3) is 2.95. The summed E-state index contributed by atoms with van der Waals surface area (Å²) in [6, 6.07) is -0.102. The van der Waals surface area contributed by atoms with Gasteiger partial charge in [-0.2, -0.15) is 0 Å². The Bertz CT molecular complexity index is 280. The molecular weight excluding hydrogens is 202 g/mol. The molecular formula is C8H13N3O2S. The van der Waals surface area contributed by atoms with Crippen LogP contribution in [0.15, 0.2) is 0 Å². The number of likely N-dealkylation sites (N-methyl/N-ethyl adjacent to an activating group) is 1. The number of likely N-dealkylation sites (tertiary alicyclic amines) is 1. The molecule has 1 fully saturated rings. The molecule has 0 aliphatic carbocycles. The van der Waals surface area contributed by atoms with Crippen LogP contribution in [-0.2, 0) is 9.59 Å². The van der Waals surface area contributed by atoms with Crippen molar-refractivity contribution in [1.82, 2.24) is 10.2 Å². The number of rotatable bonds is 3. The van der Waals surface area contributed by atoms with Crippen molar-refractivity contribution in [2.75, 3.05) is 13.6 Å². The van der Waals surface area contributed by atoms with Gasteiger partial charge < -0.3 is 16.0 Å². The van der Waals surface area contributed by atoms with Gasteiger partial charge in [-0.1, -0.05) is 12.2 Å². The standard InChI is InChI=1S/C8H13N3O2S/c1-11-4-5(2-8(11)13)10-7(12)3-6(9)14/h5H,2-4H2,1H3,(H2,9,14)(H,10,12). The largest absolute Gasteiger partial charge is 0.393 e. The van der Waals surface area contributed by atoms with Crippen LogP contribution in [-0.4, -0.2) is 41.3 Å². The molecule has 1 saturated heterocycles. The number of carbonyl (C=O) groups is 2. The van der Waals surface area contributed by atoms with E-state index < -0.39 is 0 Å². The summed E-state index contributed by atoms with van der Waals surface area (Å²) >= 11 is 4.60. The Labute approximate surface area is 87.6 Å². The van der Waals surface area contributed by atoms with E-state index in [1.54, 1.807) is 11.9 Å². The number of amides is 2. The molecule has 0 aromatic rings. The van der Waals surface area contributed by atoms with Gasteiger partial charge in [-0.15, -0.1) is 0 Å². The van der Waals surface area contributed by atoms with Crippen molar-refractivity contribution in [3.05, 3.63) is 0 Å². The van der Waals surface area contributed by atoms with Gasteiger partial charge in [-0.25, -0.2) is 0 Å². The van der Waals surface area contributed by atoms with E-state index in [4.69, 9.17) is 5.73 Å². The number of hydrogen-bond acceptors (Lipinski definition) is 3. The topological polar surface area (TPSA) is 75.4 Å². The van der Waals surface area contributed by atoms with Crippen molar-refractivity contribution in [1.29, 1.82) is 0 Å². The predicted molar refractivity (Wildman–Crippen MR) is 55.6 cm³/mol. The van der Waals surface area contributed by atoms with E-state index in [9.17, 15) is 9.59 Å². The molecule has 0 saturated carbocycles. The van der Waals surface area contributed by atoms with Crippen LogP contribution in [0.4, 0.5) is 0 Å². The third-order valence-corrected chi connectivity index (χ3v) is 2.19. The zero-order valence-corrected chi connectivity index (χ0v) is 8.76. The maximum absolute atomic E-state index is 11.2. The van der Waals surface area contributed by atoms with Gasteiger partial charge in [0, 0.05) is 20.0 Å². The second kappa shape index (κ2) is 4.36. The molecule has 0 bridgehead atoms. The van der Waals surface area contributed by atoms with Crippen LogP contribution in [0, 0.1) is 0 Å². The Balaban J connectivity index is 2.35. The van der Waals surface area contributed by atoms with Crippen molar-refractivity contribution in [3.8, 4) is 0 Å². The molecule has 78 valence electrons. The molecule has 3 N–H and O–H groups in total. The van der Waals surface area contributed by atoms with E-state index in [0.29, 0.717) is 13.0 Å². The van der Waals surface area contributed by atoms with Gasteiger partial charge in [0.05, 0.1) is 17.5 Å². The Kier molecular flexibility index (Phi) is 3.40. The fourth-order valence-corrected chi connectivity index (χ4v) is 1.53. The van der Waals surface area contributed by atoms with E-state index in [1.165, 1.54) is 0 Å². The highest BCUT2D eigenvalue weighted by atomic mass is 32.1. The van der Waals surface area contributed by atoms with Gasteiger partial charge >= 0.3 is 0 Å². The predicted octanol–water partition coefficient (Wildman–Crippen LogP) is -0.990. The third-order valence-electron chi connectivity index (χ3n) is 2.04. The Hall–Kier alpha value is -1.17. The summed E-state index contributed by atoms with van der Waals surface area (Å²) in [6.07, 6.45) is 0.406. The quantitative estimate of drug-likeness (QED) is 0.593. The van der Waals surface area contributed by atoms with Gasteiger partial charge in [0.15, 0.2) is 0 Å². The van der Waals surface area contributed by atoms with Crippen LogP contribution in [0.3, 0.4) is 0 Å². The van der Waals surface area contributed by atoms with Gasteiger partial charge in [0.2, 0.25) is 11.8 Å². The average Bonchev–Trinajstić information content (AvgIpc) is 2.28. The Morgan fingerprint density at radius 1 is 1.79 bits per heavy atom. The lowest BCUT2D eigenvalue weighted by Crippen LogP contribution is -2.38. The fraction of sp³-hybridized carbons (Fsp3) is 0.625. The molecule has 0 aromatic heterocycles. The van der Waals surface area contributed by atoms with Gasteiger partial charge in [0.1, 0.15) is 0 Å². The summed E-state index contributed by atoms with van der Waals surface area (Å²) < 4.78 is 0. The Morgan fingerprint density at radius 3 is 2.86 bits per heavy atom. The van der Waals surface area contributed by atoms with Crippen LogP contribution in [0.5, 0.6) is 0 Å². The number of thiocarbonyl (C=S) groups is 1. The van der Waals surface area contributed by atoms with Crippen molar-refractivity contribution in [2.45, 2.75) is 18.9 Å². The lowest BCUT2D eigenvalue weighted by molar-refractivity contribution is -0.126. The molecule has 1 aliphatic rings. The SMILES string of the molecule is CN1CC(NC(=O)CC(N)=S)CC1=O. The average molecular weight is 215 g/mol. The van der Waals surface area contributed by atoms with Gasteiger partial charge in [0.25, 0.3) is 0 Å². The second-order valence-corrected chi connectivity index (χ2v) is 3.91. The van der Waals surface area contributed by atoms with E-state index in [1.807, 2.05) is 0 Å². The molecule has 0 radical (unpaired) electrons. The van der Waals surface area contributed by atoms with Crippen LogP contribution in [0.25, 0.3) is 0 Å². The zero-order chi connectivity index (χ0) is 10.7. The van der Waals surface area contributed by atoms with Crippen LogP contribution < -0.4 is 11.1 Å². The molecule has 1 aliphatic heterocycles. The smallest absolute Gasteiger partial charge is 0.227 e. The number of nitrogens with one attached hydrogen (secondary N) is 1. The van der Waals surface area contributed by atoms with E-state index in [0.717, 1.165) is 0 Å². The first-order valence-corrected chi connectivity index (χ1v) is 4.71. The Morgan fingerprint density at radius 2 is 2.43 bits per heavy atom. The van der Waals surface area contributed by atoms with Crippen molar-refractivity contribution < 1.29 is 9.59 Å². The van der Waals surface area contributed by atoms with Crippen molar-refractivity contribution in [2.24, 2.45) is 5.73 Å². The summed E-state index contributed by atoms with van der Waals surface area (Å²) in [7, 11) is 1.71. The molecule has 1 heterocycles.